The maximum Gasteiger partial charge on any atom is 0.259 e. The van der Waals surface area contributed by atoms with Crippen molar-refractivity contribution < 1.29 is 14.7 Å². The van der Waals surface area contributed by atoms with Gasteiger partial charge >= 0.3 is 0 Å². The van der Waals surface area contributed by atoms with Crippen molar-refractivity contribution in [2.45, 2.75) is 45.6 Å². The molecule has 1 unspecified atom stereocenters. The fraction of sp³-hybridized carbons (Fsp3) is 0.647. The molecule has 2 N–H and O–H groups in total. The third kappa shape index (κ3) is 2.30. The van der Waals surface area contributed by atoms with E-state index >= 15 is 0 Å². The van der Waals surface area contributed by atoms with Crippen LogP contribution < -0.4 is 5.32 Å². The lowest BCUT2D eigenvalue weighted by Gasteiger charge is -2.41. The first-order valence-electron chi connectivity index (χ1n) is 7.97. The molecule has 3 aliphatic rings. The van der Waals surface area contributed by atoms with E-state index in [1.807, 2.05) is 0 Å². The van der Waals surface area contributed by atoms with Crippen LogP contribution in [0.4, 0.5) is 0 Å². The van der Waals surface area contributed by atoms with Gasteiger partial charge in [-0.05, 0) is 37.5 Å². The topological polar surface area (TPSA) is 66.4 Å². The van der Waals surface area contributed by atoms with E-state index in [-0.39, 0.29) is 29.0 Å². The first kappa shape index (κ1) is 14.4. The molecular formula is C17H23NO3. The summed E-state index contributed by atoms with van der Waals surface area (Å²) >= 11 is 0. The number of allylic oxidation sites excluding steroid dienone is 3. The second-order valence-electron chi connectivity index (χ2n) is 6.70. The number of Topliss-reactive ketones (excluding diaryl/α,β-unsaturated/α-hetero) is 1. The molecule has 1 aliphatic heterocycles. The van der Waals surface area contributed by atoms with Gasteiger partial charge in [0.1, 0.15) is 11.3 Å². The molecule has 4 heteroatoms. The number of nitrogens with one attached hydrogen (secondary N) is 1. The fourth-order valence-electron chi connectivity index (χ4n) is 4.22. The van der Waals surface area contributed by atoms with Gasteiger partial charge in [0.05, 0.1) is 6.04 Å². The number of aliphatic hydroxyl groups excluding tert-OH is 1. The highest BCUT2D eigenvalue weighted by atomic mass is 16.3. The maximum atomic E-state index is 12.1. The van der Waals surface area contributed by atoms with Crippen molar-refractivity contribution in [1.29, 1.82) is 0 Å². The van der Waals surface area contributed by atoms with Crippen molar-refractivity contribution >= 4 is 11.7 Å². The Labute approximate surface area is 125 Å². The van der Waals surface area contributed by atoms with Crippen molar-refractivity contribution in [3.8, 4) is 0 Å². The Balaban J connectivity index is 1.99. The van der Waals surface area contributed by atoms with Crippen LogP contribution >= 0.6 is 0 Å². The number of fused-ring (bicyclic) bond motifs is 1. The normalized spacial score (nSPS) is 41.7. The van der Waals surface area contributed by atoms with Crippen LogP contribution in [-0.2, 0) is 9.59 Å². The second-order valence-corrected chi connectivity index (χ2v) is 6.70. The van der Waals surface area contributed by atoms with Gasteiger partial charge < -0.3 is 10.4 Å². The van der Waals surface area contributed by atoms with E-state index in [2.05, 4.69) is 24.4 Å². The third-order valence-electron chi connectivity index (χ3n) is 5.35. The van der Waals surface area contributed by atoms with Gasteiger partial charge in [-0.15, -0.1) is 0 Å². The molecule has 1 saturated heterocycles. The predicted molar refractivity (Wildman–Crippen MR) is 79.5 cm³/mol. The van der Waals surface area contributed by atoms with E-state index in [0.29, 0.717) is 11.8 Å². The Bertz CT molecular complexity index is 534. The van der Waals surface area contributed by atoms with E-state index < -0.39 is 11.9 Å². The zero-order chi connectivity index (χ0) is 15.1. The molecule has 2 fully saturated rings. The lowest BCUT2D eigenvalue weighted by molar-refractivity contribution is -0.117. The highest BCUT2D eigenvalue weighted by Gasteiger charge is 2.43. The Morgan fingerprint density at radius 1 is 1.19 bits per heavy atom. The quantitative estimate of drug-likeness (QED) is 0.337. The second kappa shape index (κ2) is 5.32. The molecule has 0 radical (unpaired) electrons. The lowest BCUT2D eigenvalue weighted by atomic mass is 9.64. The van der Waals surface area contributed by atoms with E-state index in [4.69, 9.17) is 0 Å². The molecule has 0 aromatic carbocycles. The minimum absolute atomic E-state index is 0.000950. The number of amides is 1. The number of rotatable bonds is 1. The van der Waals surface area contributed by atoms with Gasteiger partial charge in [-0.25, -0.2) is 0 Å². The monoisotopic (exact) mass is 289 g/mol. The molecule has 0 aromatic rings. The highest BCUT2D eigenvalue weighted by Crippen LogP contribution is 2.46. The summed E-state index contributed by atoms with van der Waals surface area (Å²) in [6, 6.07) is -0.522. The van der Waals surface area contributed by atoms with Gasteiger partial charge in [0.2, 0.25) is 0 Å². The molecule has 5 atom stereocenters. The van der Waals surface area contributed by atoms with Crippen LogP contribution in [0.25, 0.3) is 0 Å². The van der Waals surface area contributed by atoms with Crippen LogP contribution in [-0.4, -0.2) is 22.8 Å². The Hall–Kier alpha value is -1.58. The van der Waals surface area contributed by atoms with Crippen LogP contribution in [0, 0.1) is 23.7 Å². The third-order valence-corrected chi connectivity index (χ3v) is 5.35. The molecule has 4 nitrogen and oxygen atoms in total. The average Bonchev–Trinajstić information content (AvgIpc) is 2.71. The van der Waals surface area contributed by atoms with Crippen LogP contribution in [0.2, 0.25) is 0 Å². The minimum atomic E-state index is -0.522. The van der Waals surface area contributed by atoms with E-state index in [1.54, 1.807) is 6.92 Å². The molecule has 0 spiro atoms. The predicted octanol–water partition coefficient (Wildman–Crippen LogP) is 2.51. The lowest BCUT2D eigenvalue weighted by Crippen LogP contribution is -2.35. The number of aliphatic hydroxyl groups is 1. The van der Waals surface area contributed by atoms with Crippen molar-refractivity contribution in [2.75, 3.05) is 0 Å². The largest absolute Gasteiger partial charge is 0.511 e. The Morgan fingerprint density at radius 2 is 1.90 bits per heavy atom. The summed E-state index contributed by atoms with van der Waals surface area (Å²) in [5.41, 5.74) is -0.000950. The minimum Gasteiger partial charge on any atom is -0.511 e. The summed E-state index contributed by atoms with van der Waals surface area (Å²) in [6.07, 6.45) is 8.99. The van der Waals surface area contributed by atoms with Gasteiger partial charge in [-0.3, -0.25) is 9.59 Å². The molecule has 1 amide bonds. The highest BCUT2D eigenvalue weighted by molar-refractivity contribution is 6.26. The first-order valence-corrected chi connectivity index (χ1v) is 7.97. The number of carbonyl (C=O) groups excluding carboxylic acids is 2. The van der Waals surface area contributed by atoms with Crippen molar-refractivity contribution in [1.82, 2.24) is 5.32 Å². The van der Waals surface area contributed by atoms with E-state index in [9.17, 15) is 14.7 Å². The van der Waals surface area contributed by atoms with Gasteiger partial charge in [-0.2, -0.15) is 0 Å². The van der Waals surface area contributed by atoms with Crippen LogP contribution in [0.1, 0.15) is 39.5 Å². The zero-order valence-electron chi connectivity index (χ0n) is 12.6. The van der Waals surface area contributed by atoms with Gasteiger partial charge in [0.15, 0.2) is 5.78 Å². The average molecular weight is 289 g/mol. The summed E-state index contributed by atoms with van der Waals surface area (Å²) < 4.78 is 0. The summed E-state index contributed by atoms with van der Waals surface area (Å²) in [7, 11) is 0. The smallest absolute Gasteiger partial charge is 0.259 e. The number of ketones is 1. The number of hydrogen-bond donors (Lipinski definition) is 2. The summed E-state index contributed by atoms with van der Waals surface area (Å²) in [6.45, 7) is 3.72. The summed E-state index contributed by atoms with van der Waals surface area (Å²) in [4.78, 5) is 24.1. The van der Waals surface area contributed by atoms with Crippen LogP contribution in [0.3, 0.4) is 0 Å². The maximum absolute atomic E-state index is 12.1. The summed E-state index contributed by atoms with van der Waals surface area (Å²) in [5.74, 6) is 0.215. The summed E-state index contributed by atoms with van der Waals surface area (Å²) in [5, 5.41) is 13.3. The SMILES string of the molecule is CC1NC(=O)/C(=C(\O)[C@H]2[C@@H]3CCCC[C@H]3C=C[C@H]2C)C1=O. The molecular weight excluding hydrogens is 266 g/mol. The molecule has 114 valence electrons. The Morgan fingerprint density at radius 3 is 2.57 bits per heavy atom. The van der Waals surface area contributed by atoms with Crippen molar-refractivity contribution in [3.05, 3.63) is 23.5 Å². The van der Waals surface area contributed by atoms with Gasteiger partial charge in [0, 0.05) is 5.92 Å². The van der Waals surface area contributed by atoms with E-state index in [1.165, 1.54) is 6.42 Å². The number of hydrogen-bond acceptors (Lipinski definition) is 3. The zero-order valence-corrected chi connectivity index (χ0v) is 12.6. The molecule has 21 heavy (non-hydrogen) atoms. The van der Waals surface area contributed by atoms with Crippen LogP contribution in [0.15, 0.2) is 23.5 Å². The molecule has 3 rings (SSSR count). The Kier molecular flexibility index (Phi) is 3.64. The van der Waals surface area contributed by atoms with Crippen molar-refractivity contribution in [2.24, 2.45) is 23.7 Å². The van der Waals surface area contributed by atoms with Gasteiger partial charge in [0.25, 0.3) is 5.91 Å². The molecule has 1 heterocycles. The molecule has 1 saturated carbocycles. The first-order chi connectivity index (χ1) is 10.0. The van der Waals surface area contributed by atoms with Crippen LogP contribution in [0.5, 0.6) is 0 Å². The van der Waals surface area contributed by atoms with Crippen molar-refractivity contribution in [3.63, 3.8) is 0 Å². The standard InChI is InChI=1S/C17H23NO3/c1-9-7-8-11-5-3-4-6-12(11)13(9)16(20)14-15(19)10(2)18-17(14)21/h7-13,20H,3-6H2,1-2H3,(H,18,21)/b16-14-/t9-,10?,11+,12-,13-/m1/s1. The van der Waals surface area contributed by atoms with E-state index in [0.717, 1.165) is 19.3 Å². The number of carbonyl (C=O) groups is 2. The molecule has 2 aliphatic carbocycles. The van der Waals surface area contributed by atoms with Gasteiger partial charge in [-0.1, -0.05) is 31.9 Å². The fourth-order valence-corrected chi connectivity index (χ4v) is 4.22. The molecule has 0 aromatic heterocycles. The molecule has 0 bridgehead atoms.